The first kappa shape index (κ1) is 19.3. The summed E-state index contributed by atoms with van der Waals surface area (Å²) in [7, 11) is 0. The second kappa shape index (κ2) is 9.48. The fourth-order valence-corrected chi connectivity index (χ4v) is 3.23. The van der Waals surface area contributed by atoms with Crippen molar-refractivity contribution in [3.05, 3.63) is 29.8 Å². The Bertz CT molecular complexity index is 688. The Kier molecular flexibility index (Phi) is 6.78. The largest absolute Gasteiger partial charge is 0.379 e. The van der Waals surface area contributed by atoms with Gasteiger partial charge in [0.2, 0.25) is 11.8 Å². The molecule has 27 heavy (non-hydrogen) atoms. The predicted octanol–water partition coefficient (Wildman–Crippen LogP) is 0.356. The molecule has 8 nitrogen and oxygen atoms in total. The van der Waals surface area contributed by atoms with Gasteiger partial charge in [-0.25, -0.2) is 0 Å². The first-order valence-corrected chi connectivity index (χ1v) is 9.41. The van der Waals surface area contributed by atoms with Crippen LogP contribution in [0.1, 0.15) is 29.6 Å². The summed E-state index contributed by atoms with van der Waals surface area (Å²) < 4.78 is 5.31. The van der Waals surface area contributed by atoms with E-state index in [9.17, 15) is 14.4 Å². The Hall–Kier alpha value is -2.45. The summed E-state index contributed by atoms with van der Waals surface area (Å²) in [6.45, 7) is 4.95. The molecular formula is C19H26N4O4. The number of rotatable bonds is 7. The van der Waals surface area contributed by atoms with E-state index in [4.69, 9.17) is 4.74 Å². The molecule has 1 unspecified atom stereocenters. The lowest BCUT2D eigenvalue weighted by Crippen LogP contribution is -2.42. The summed E-state index contributed by atoms with van der Waals surface area (Å²) in [5, 5.41) is 8.33. The maximum atomic E-state index is 12.3. The molecule has 1 aromatic carbocycles. The van der Waals surface area contributed by atoms with Crippen LogP contribution in [-0.2, 0) is 14.3 Å². The lowest BCUT2D eigenvalue weighted by Gasteiger charge is -2.26. The van der Waals surface area contributed by atoms with Gasteiger partial charge in [0.05, 0.1) is 24.5 Å². The van der Waals surface area contributed by atoms with E-state index in [1.54, 1.807) is 24.3 Å². The van der Waals surface area contributed by atoms with Gasteiger partial charge in [0, 0.05) is 26.1 Å². The summed E-state index contributed by atoms with van der Waals surface area (Å²) in [6, 6.07) is 6.14. The van der Waals surface area contributed by atoms with Crippen LogP contribution in [0.4, 0.5) is 5.69 Å². The molecule has 0 saturated carbocycles. The van der Waals surface area contributed by atoms with Crippen molar-refractivity contribution in [1.82, 2.24) is 15.5 Å². The quantitative estimate of drug-likeness (QED) is 0.599. The van der Waals surface area contributed by atoms with E-state index in [1.165, 1.54) is 0 Å². The number of hydrogen-bond acceptors (Lipinski definition) is 5. The van der Waals surface area contributed by atoms with Crippen LogP contribution in [-0.4, -0.2) is 68.1 Å². The number of benzene rings is 1. The zero-order valence-corrected chi connectivity index (χ0v) is 15.3. The van der Waals surface area contributed by atoms with Crippen LogP contribution in [0.15, 0.2) is 24.3 Å². The number of fused-ring (bicyclic) bond motifs is 1. The minimum absolute atomic E-state index is 0.110. The van der Waals surface area contributed by atoms with Crippen molar-refractivity contribution in [3.63, 3.8) is 0 Å². The highest BCUT2D eigenvalue weighted by atomic mass is 16.5. The SMILES string of the molecule is O=C(CCC1NC(=O)c2ccccc2NC1=O)NCCCN1CCOCC1. The number of ether oxygens (including phenoxy) is 1. The van der Waals surface area contributed by atoms with E-state index < -0.39 is 6.04 Å². The molecule has 0 aliphatic carbocycles. The number of carbonyl (C=O) groups is 3. The molecule has 3 rings (SSSR count). The molecule has 2 aliphatic heterocycles. The predicted molar refractivity (Wildman–Crippen MR) is 100 cm³/mol. The molecule has 0 spiro atoms. The molecule has 0 radical (unpaired) electrons. The first-order chi connectivity index (χ1) is 13.1. The molecule has 146 valence electrons. The van der Waals surface area contributed by atoms with Gasteiger partial charge >= 0.3 is 0 Å². The van der Waals surface area contributed by atoms with Gasteiger partial charge in [-0.1, -0.05) is 12.1 Å². The number of nitrogens with zero attached hydrogens (tertiary/aromatic N) is 1. The van der Waals surface area contributed by atoms with Crippen LogP contribution < -0.4 is 16.0 Å². The molecule has 8 heteroatoms. The van der Waals surface area contributed by atoms with Crippen molar-refractivity contribution in [3.8, 4) is 0 Å². The molecule has 0 bridgehead atoms. The normalized spacial score (nSPS) is 20.2. The highest BCUT2D eigenvalue weighted by Crippen LogP contribution is 2.19. The summed E-state index contributed by atoms with van der Waals surface area (Å²) in [6.07, 6.45) is 1.33. The average molecular weight is 374 g/mol. The van der Waals surface area contributed by atoms with Crippen molar-refractivity contribution in [2.45, 2.75) is 25.3 Å². The van der Waals surface area contributed by atoms with Crippen LogP contribution in [0.5, 0.6) is 0 Å². The van der Waals surface area contributed by atoms with Crippen molar-refractivity contribution in [2.75, 3.05) is 44.7 Å². The number of morpholine rings is 1. The highest BCUT2D eigenvalue weighted by molar-refractivity contribution is 6.09. The van der Waals surface area contributed by atoms with Gasteiger partial charge in [-0.2, -0.15) is 0 Å². The number of para-hydroxylation sites is 1. The van der Waals surface area contributed by atoms with Gasteiger partial charge in [-0.15, -0.1) is 0 Å². The zero-order valence-electron chi connectivity index (χ0n) is 15.3. The van der Waals surface area contributed by atoms with Crippen LogP contribution in [0.2, 0.25) is 0 Å². The standard InChI is InChI=1S/C19H26N4O4/c24-17(20-8-3-9-23-10-12-27-13-11-23)7-6-16-19(26)21-15-5-2-1-4-14(15)18(25)22-16/h1-2,4-5,16H,3,6-13H2,(H,20,24)(H,21,26)(H,22,25). The van der Waals surface area contributed by atoms with E-state index >= 15 is 0 Å². The molecule has 3 amide bonds. The highest BCUT2D eigenvalue weighted by Gasteiger charge is 2.27. The van der Waals surface area contributed by atoms with Crippen molar-refractivity contribution in [1.29, 1.82) is 0 Å². The van der Waals surface area contributed by atoms with Crippen molar-refractivity contribution < 1.29 is 19.1 Å². The lowest BCUT2D eigenvalue weighted by molar-refractivity contribution is -0.121. The second-order valence-corrected chi connectivity index (χ2v) is 6.76. The van der Waals surface area contributed by atoms with Gasteiger partial charge in [0.15, 0.2) is 0 Å². The van der Waals surface area contributed by atoms with Gasteiger partial charge in [-0.05, 0) is 31.5 Å². The summed E-state index contributed by atoms with van der Waals surface area (Å²) >= 11 is 0. The lowest BCUT2D eigenvalue weighted by atomic mass is 10.1. The molecule has 2 heterocycles. The molecule has 0 aromatic heterocycles. The Morgan fingerprint density at radius 3 is 2.81 bits per heavy atom. The number of hydrogen-bond donors (Lipinski definition) is 3. The molecule has 1 saturated heterocycles. The zero-order chi connectivity index (χ0) is 19.1. The maximum absolute atomic E-state index is 12.3. The van der Waals surface area contributed by atoms with Crippen LogP contribution >= 0.6 is 0 Å². The van der Waals surface area contributed by atoms with E-state index in [-0.39, 0.29) is 30.6 Å². The van der Waals surface area contributed by atoms with Gasteiger partial charge in [0.25, 0.3) is 5.91 Å². The number of nitrogens with one attached hydrogen (secondary N) is 3. The average Bonchev–Trinajstić information content (AvgIpc) is 2.80. The van der Waals surface area contributed by atoms with Crippen molar-refractivity contribution >= 4 is 23.4 Å². The molecule has 1 atom stereocenters. The monoisotopic (exact) mass is 374 g/mol. The second-order valence-electron chi connectivity index (χ2n) is 6.76. The number of anilines is 1. The van der Waals surface area contributed by atoms with Crippen LogP contribution in [0.25, 0.3) is 0 Å². The third-order valence-corrected chi connectivity index (χ3v) is 4.79. The van der Waals surface area contributed by atoms with Crippen LogP contribution in [0.3, 0.4) is 0 Å². The Morgan fingerprint density at radius 1 is 1.22 bits per heavy atom. The van der Waals surface area contributed by atoms with E-state index in [0.29, 0.717) is 17.8 Å². The Balaban J connectivity index is 1.38. The molecule has 1 fully saturated rings. The fourth-order valence-electron chi connectivity index (χ4n) is 3.23. The molecule has 1 aromatic rings. The third-order valence-electron chi connectivity index (χ3n) is 4.79. The van der Waals surface area contributed by atoms with Gasteiger partial charge < -0.3 is 20.7 Å². The summed E-state index contributed by atoms with van der Waals surface area (Å²) in [4.78, 5) is 38.9. The van der Waals surface area contributed by atoms with E-state index in [1.807, 2.05) is 0 Å². The fraction of sp³-hybridized carbons (Fsp3) is 0.526. The van der Waals surface area contributed by atoms with Gasteiger partial charge in [-0.3, -0.25) is 19.3 Å². The topological polar surface area (TPSA) is 99.8 Å². The van der Waals surface area contributed by atoms with E-state index in [2.05, 4.69) is 20.9 Å². The van der Waals surface area contributed by atoms with Crippen molar-refractivity contribution in [2.24, 2.45) is 0 Å². The maximum Gasteiger partial charge on any atom is 0.254 e. The number of amides is 3. The minimum atomic E-state index is -0.719. The smallest absolute Gasteiger partial charge is 0.254 e. The van der Waals surface area contributed by atoms with E-state index in [0.717, 1.165) is 39.3 Å². The Labute approximate surface area is 158 Å². The first-order valence-electron chi connectivity index (χ1n) is 9.41. The molecule has 3 N–H and O–H groups in total. The summed E-state index contributed by atoms with van der Waals surface area (Å²) in [5.41, 5.74) is 0.927. The third kappa shape index (κ3) is 5.51. The van der Waals surface area contributed by atoms with Gasteiger partial charge in [0.1, 0.15) is 6.04 Å². The number of carbonyl (C=O) groups excluding carboxylic acids is 3. The molecule has 2 aliphatic rings. The Morgan fingerprint density at radius 2 is 2.00 bits per heavy atom. The minimum Gasteiger partial charge on any atom is -0.379 e. The summed E-state index contributed by atoms with van der Waals surface area (Å²) in [5.74, 6) is -0.714. The molecular weight excluding hydrogens is 348 g/mol. The van der Waals surface area contributed by atoms with Crippen LogP contribution in [0, 0.1) is 0 Å².